The molecule has 3 unspecified atom stereocenters. The molecule has 4 rings (SSSR count). The molecule has 12 heteroatoms. The van der Waals surface area contributed by atoms with Crippen molar-refractivity contribution >= 4 is 0 Å². The Hall–Kier alpha value is -3.06. The second-order valence-corrected chi connectivity index (χ2v) is 9.53. The normalized spacial score (nSPS) is 19.7. The van der Waals surface area contributed by atoms with Crippen molar-refractivity contribution in [3.8, 4) is 0 Å². The standard InChI is InChI=1S/C26H29F5N4O3/c1-15(17-10-18(26(29,30)31)12-20(28)11-17)38-24-23(16-4-6-19(27)7-5-16)35(8-9-37-24)14-22-21(13-34(2)3)32-25(36)33-22/h4-7,10-12,15,23-24H,8-9,13-14H2,1-3H3,(H2,32,33,36). The van der Waals surface area contributed by atoms with Gasteiger partial charge in [-0.25, -0.2) is 13.6 Å². The van der Waals surface area contributed by atoms with E-state index in [-0.39, 0.29) is 17.9 Å². The maximum atomic E-state index is 14.0. The fourth-order valence-electron chi connectivity index (χ4n) is 4.54. The second kappa shape index (κ2) is 11.4. The van der Waals surface area contributed by atoms with Crippen molar-refractivity contribution in [2.24, 2.45) is 0 Å². The third-order valence-electron chi connectivity index (χ3n) is 6.31. The van der Waals surface area contributed by atoms with Crippen LogP contribution in [0.5, 0.6) is 0 Å². The number of morpholine rings is 1. The van der Waals surface area contributed by atoms with Crippen LogP contribution in [-0.4, -0.2) is 53.3 Å². The third-order valence-corrected chi connectivity index (χ3v) is 6.31. The predicted octanol–water partition coefficient (Wildman–Crippen LogP) is 4.74. The van der Waals surface area contributed by atoms with Crippen LogP contribution in [0.15, 0.2) is 47.3 Å². The van der Waals surface area contributed by atoms with Crippen molar-refractivity contribution < 1.29 is 31.4 Å². The molecule has 2 aromatic carbocycles. The quantitative estimate of drug-likeness (QED) is 0.404. The van der Waals surface area contributed by atoms with E-state index in [0.717, 1.165) is 12.1 Å². The number of ether oxygens (including phenoxy) is 2. The molecule has 0 spiro atoms. The van der Waals surface area contributed by atoms with Gasteiger partial charge < -0.3 is 24.3 Å². The lowest BCUT2D eigenvalue weighted by Gasteiger charge is -2.42. The van der Waals surface area contributed by atoms with Crippen LogP contribution < -0.4 is 5.69 Å². The van der Waals surface area contributed by atoms with Gasteiger partial charge in [0.05, 0.1) is 35.7 Å². The van der Waals surface area contributed by atoms with Gasteiger partial charge >= 0.3 is 11.9 Å². The fraction of sp³-hybridized carbons (Fsp3) is 0.423. The lowest BCUT2D eigenvalue weighted by Crippen LogP contribution is -2.46. The number of nitrogens with one attached hydrogen (secondary N) is 2. The van der Waals surface area contributed by atoms with E-state index in [0.29, 0.717) is 42.7 Å². The number of imidazole rings is 1. The average molecular weight is 541 g/mol. The molecule has 1 aromatic heterocycles. The van der Waals surface area contributed by atoms with Crippen molar-refractivity contribution in [1.82, 2.24) is 19.8 Å². The summed E-state index contributed by atoms with van der Waals surface area (Å²) in [4.78, 5) is 21.6. The zero-order chi connectivity index (χ0) is 27.6. The Morgan fingerprint density at radius 3 is 2.42 bits per heavy atom. The van der Waals surface area contributed by atoms with Crippen molar-refractivity contribution in [2.45, 2.75) is 44.6 Å². The molecule has 206 valence electrons. The van der Waals surface area contributed by atoms with E-state index in [9.17, 15) is 26.7 Å². The first kappa shape index (κ1) is 28.0. The molecule has 0 aliphatic carbocycles. The first-order valence-electron chi connectivity index (χ1n) is 12.0. The average Bonchev–Trinajstić information content (AvgIpc) is 3.16. The van der Waals surface area contributed by atoms with Crippen LogP contribution in [0.25, 0.3) is 0 Å². The number of aromatic nitrogens is 2. The molecule has 3 aromatic rings. The molecule has 0 radical (unpaired) electrons. The van der Waals surface area contributed by atoms with Gasteiger partial charge in [0.1, 0.15) is 11.6 Å². The van der Waals surface area contributed by atoms with Crippen molar-refractivity contribution in [2.75, 3.05) is 27.2 Å². The molecule has 2 heterocycles. The van der Waals surface area contributed by atoms with E-state index in [1.807, 2.05) is 23.9 Å². The number of rotatable bonds is 8. The van der Waals surface area contributed by atoms with Gasteiger partial charge in [-0.1, -0.05) is 12.1 Å². The summed E-state index contributed by atoms with van der Waals surface area (Å²) in [6.45, 7) is 2.95. The minimum atomic E-state index is -4.72. The Balaban J connectivity index is 1.65. The molecule has 1 aliphatic heterocycles. The summed E-state index contributed by atoms with van der Waals surface area (Å²) in [7, 11) is 3.74. The van der Waals surface area contributed by atoms with Gasteiger partial charge in [0.15, 0.2) is 6.29 Å². The highest BCUT2D eigenvalue weighted by Gasteiger charge is 2.37. The van der Waals surface area contributed by atoms with Gasteiger partial charge in [-0.2, -0.15) is 13.2 Å². The summed E-state index contributed by atoms with van der Waals surface area (Å²) in [5, 5.41) is 0. The second-order valence-electron chi connectivity index (χ2n) is 9.53. The van der Waals surface area contributed by atoms with Gasteiger partial charge in [-0.05, 0) is 62.5 Å². The molecular weight excluding hydrogens is 511 g/mol. The first-order chi connectivity index (χ1) is 17.9. The lowest BCUT2D eigenvalue weighted by molar-refractivity contribution is -0.231. The summed E-state index contributed by atoms with van der Waals surface area (Å²) < 4.78 is 79.5. The van der Waals surface area contributed by atoms with Gasteiger partial charge in [0, 0.05) is 19.6 Å². The van der Waals surface area contributed by atoms with Crippen LogP contribution in [0.4, 0.5) is 22.0 Å². The molecule has 1 fully saturated rings. The number of halogens is 5. The highest BCUT2D eigenvalue weighted by molar-refractivity contribution is 5.28. The monoisotopic (exact) mass is 540 g/mol. The van der Waals surface area contributed by atoms with Crippen molar-refractivity contribution in [3.63, 3.8) is 0 Å². The maximum absolute atomic E-state index is 14.0. The molecule has 3 atom stereocenters. The molecule has 7 nitrogen and oxygen atoms in total. The first-order valence-corrected chi connectivity index (χ1v) is 12.0. The summed E-state index contributed by atoms with van der Waals surface area (Å²) >= 11 is 0. The lowest BCUT2D eigenvalue weighted by atomic mass is 10.0. The topological polar surface area (TPSA) is 73.6 Å². The SMILES string of the molecule is CC(OC1OCCN(Cc2[nH]c(=O)[nH]c2CN(C)C)C1c1ccc(F)cc1)c1cc(F)cc(C(F)(F)F)c1. The van der Waals surface area contributed by atoms with Crippen LogP contribution >= 0.6 is 0 Å². The van der Waals surface area contributed by atoms with Gasteiger partial charge in [0.2, 0.25) is 0 Å². The van der Waals surface area contributed by atoms with Crippen LogP contribution in [0, 0.1) is 11.6 Å². The fourth-order valence-corrected chi connectivity index (χ4v) is 4.54. The number of H-pyrrole nitrogens is 2. The summed E-state index contributed by atoms with van der Waals surface area (Å²) in [6.07, 6.45) is -6.66. The number of aromatic amines is 2. The molecule has 38 heavy (non-hydrogen) atoms. The largest absolute Gasteiger partial charge is 0.416 e. The van der Waals surface area contributed by atoms with E-state index < -0.39 is 41.8 Å². The number of hydrogen-bond acceptors (Lipinski definition) is 5. The zero-order valence-electron chi connectivity index (χ0n) is 21.1. The zero-order valence-corrected chi connectivity index (χ0v) is 21.1. The molecule has 2 N–H and O–H groups in total. The number of benzene rings is 2. The number of hydrogen-bond donors (Lipinski definition) is 2. The summed E-state index contributed by atoms with van der Waals surface area (Å²) in [5.74, 6) is -1.47. The third kappa shape index (κ3) is 6.68. The summed E-state index contributed by atoms with van der Waals surface area (Å²) in [5.41, 5.74) is 0.536. The van der Waals surface area contributed by atoms with E-state index in [4.69, 9.17) is 9.47 Å². The molecule has 1 aliphatic rings. The highest BCUT2D eigenvalue weighted by atomic mass is 19.4. The minimum absolute atomic E-state index is 0.000798. The Morgan fingerprint density at radius 1 is 1.08 bits per heavy atom. The van der Waals surface area contributed by atoms with E-state index in [2.05, 4.69) is 9.97 Å². The van der Waals surface area contributed by atoms with Crippen LogP contribution in [0.3, 0.4) is 0 Å². The molecule has 1 saturated heterocycles. The van der Waals surface area contributed by atoms with Crippen LogP contribution in [-0.2, 0) is 28.7 Å². The molecule has 0 amide bonds. The highest BCUT2D eigenvalue weighted by Crippen LogP contribution is 2.37. The van der Waals surface area contributed by atoms with E-state index in [1.165, 1.54) is 19.1 Å². The van der Waals surface area contributed by atoms with E-state index in [1.54, 1.807) is 12.1 Å². The molecular formula is C26H29F5N4O3. The van der Waals surface area contributed by atoms with Crippen molar-refractivity contribution in [3.05, 3.63) is 92.7 Å². The van der Waals surface area contributed by atoms with Gasteiger partial charge in [0.25, 0.3) is 0 Å². The van der Waals surface area contributed by atoms with E-state index >= 15 is 0 Å². The van der Waals surface area contributed by atoms with Gasteiger partial charge in [-0.15, -0.1) is 0 Å². The Labute approximate surface area is 216 Å². The Bertz CT molecular complexity index is 1290. The molecule has 0 saturated carbocycles. The Kier molecular flexibility index (Phi) is 8.36. The Morgan fingerprint density at radius 2 is 1.76 bits per heavy atom. The maximum Gasteiger partial charge on any atom is 0.416 e. The smallest absolute Gasteiger partial charge is 0.349 e. The van der Waals surface area contributed by atoms with Crippen LogP contribution in [0.2, 0.25) is 0 Å². The van der Waals surface area contributed by atoms with Crippen LogP contribution in [0.1, 0.15) is 47.1 Å². The minimum Gasteiger partial charge on any atom is -0.349 e. The summed E-state index contributed by atoms with van der Waals surface area (Å²) in [6, 6.07) is 7.40. The predicted molar refractivity (Wildman–Crippen MR) is 129 cm³/mol. The number of alkyl halides is 3. The number of nitrogens with zero attached hydrogens (tertiary/aromatic N) is 2. The molecule has 0 bridgehead atoms. The van der Waals surface area contributed by atoms with Gasteiger partial charge in [-0.3, -0.25) is 4.90 Å². The van der Waals surface area contributed by atoms with Crippen molar-refractivity contribution in [1.29, 1.82) is 0 Å².